The second-order valence-electron chi connectivity index (χ2n) is 6.93. The van der Waals surface area contributed by atoms with Crippen LogP contribution >= 0.6 is 0 Å². The number of nitrogens with zero attached hydrogens (tertiary/aromatic N) is 3. The molecule has 4 nitrogen and oxygen atoms in total. The standard InChI is InChI=1S/C24H18FN3O/c25-20-9-5-4-8-18(20)24-19-12-16(15-29)10-11-22(19)28-14-21(27-23(28)13-26-24)17-6-2-1-3-7-17/h1-12,14,29H,13,15H2. The summed E-state index contributed by atoms with van der Waals surface area (Å²) in [5.41, 5.74) is 5.30. The van der Waals surface area contributed by atoms with Gasteiger partial charge in [-0.15, -0.1) is 0 Å². The van der Waals surface area contributed by atoms with Crippen LogP contribution in [0.15, 0.2) is 84.0 Å². The first kappa shape index (κ1) is 17.5. The first-order chi connectivity index (χ1) is 14.2. The molecule has 2 heterocycles. The molecule has 142 valence electrons. The average molecular weight is 383 g/mol. The van der Waals surface area contributed by atoms with Crippen LogP contribution in [0.25, 0.3) is 16.9 Å². The van der Waals surface area contributed by atoms with Gasteiger partial charge in [0.05, 0.1) is 30.2 Å². The Labute approximate surface area is 167 Å². The van der Waals surface area contributed by atoms with Crippen LogP contribution in [0, 0.1) is 5.82 Å². The second-order valence-corrected chi connectivity index (χ2v) is 6.93. The molecule has 0 saturated heterocycles. The van der Waals surface area contributed by atoms with E-state index in [2.05, 4.69) is 0 Å². The number of aliphatic hydroxyl groups excluding tert-OH is 1. The molecule has 3 aromatic carbocycles. The summed E-state index contributed by atoms with van der Waals surface area (Å²) in [6.45, 7) is 0.240. The van der Waals surface area contributed by atoms with Crippen molar-refractivity contribution in [2.75, 3.05) is 0 Å². The minimum atomic E-state index is -0.323. The molecular formula is C24H18FN3O. The Kier molecular flexibility index (Phi) is 4.30. The van der Waals surface area contributed by atoms with Gasteiger partial charge in [-0.2, -0.15) is 0 Å². The van der Waals surface area contributed by atoms with E-state index in [0.29, 0.717) is 17.8 Å². The van der Waals surface area contributed by atoms with Crippen molar-refractivity contribution in [2.45, 2.75) is 13.2 Å². The SMILES string of the molecule is OCc1ccc2c(c1)C(c1ccccc1F)=NCc1nc(-c3ccccc3)cn1-2. The number of rotatable bonds is 3. The fraction of sp³-hybridized carbons (Fsp3) is 0.0833. The summed E-state index contributed by atoms with van der Waals surface area (Å²) in [4.78, 5) is 9.52. The van der Waals surface area contributed by atoms with Crippen LogP contribution in [0.3, 0.4) is 0 Å². The first-order valence-corrected chi connectivity index (χ1v) is 9.42. The highest BCUT2D eigenvalue weighted by molar-refractivity contribution is 6.15. The van der Waals surface area contributed by atoms with Gasteiger partial charge in [-0.3, -0.25) is 4.99 Å². The highest BCUT2D eigenvalue weighted by Crippen LogP contribution is 2.29. The topological polar surface area (TPSA) is 50.4 Å². The lowest BCUT2D eigenvalue weighted by Crippen LogP contribution is -2.09. The highest BCUT2D eigenvalue weighted by Gasteiger charge is 2.22. The molecular weight excluding hydrogens is 365 g/mol. The molecule has 0 atom stereocenters. The third-order valence-electron chi connectivity index (χ3n) is 5.11. The van der Waals surface area contributed by atoms with Gasteiger partial charge >= 0.3 is 0 Å². The number of benzene rings is 3. The molecule has 0 saturated carbocycles. The van der Waals surface area contributed by atoms with Gasteiger partial charge < -0.3 is 9.67 Å². The maximum absolute atomic E-state index is 14.6. The molecule has 5 rings (SSSR count). The summed E-state index contributed by atoms with van der Waals surface area (Å²) in [6, 6.07) is 22.3. The third kappa shape index (κ3) is 3.05. The van der Waals surface area contributed by atoms with E-state index in [0.717, 1.165) is 33.9 Å². The van der Waals surface area contributed by atoms with Crippen LogP contribution in [0.1, 0.15) is 22.5 Å². The van der Waals surface area contributed by atoms with Crippen LogP contribution < -0.4 is 0 Å². The quantitative estimate of drug-likeness (QED) is 0.565. The van der Waals surface area contributed by atoms with Crippen LogP contribution in [0.4, 0.5) is 4.39 Å². The number of imidazole rings is 1. The zero-order valence-corrected chi connectivity index (χ0v) is 15.6. The Hall–Kier alpha value is -3.57. The summed E-state index contributed by atoms with van der Waals surface area (Å²) >= 11 is 0. The van der Waals surface area contributed by atoms with Crippen LogP contribution in [0.2, 0.25) is 0 Å². The summed E-state index contributed by atoms with van der Waals surface area (Å²) in [5, 5.41) is 9.64. The molecule has 0 amide bonds. The van der Waals surface area contributed by atoms with E-state index in [1.807, 2.05) is 59.3 Å². The Balaban J connectivity index is 1.72. The number of aliphatic imine (C=N–C) groups is 1. The van der Waals surface area contributed by atoms with E-state index < -0.39 is 0 Å². The van der Waals surface area contributed by atoms with Crippen LogP contribution in [-0.4, -0.2) is 20.4 Å². The number of aliphatic hydroxyl groups is 1. The van der Waals surface area contributed by atoms with Gasteiger partial charge in [-0.05, 0) is 29.8 Å². The zero-order valence-electron chi connectivity index (χ0n) is 15.6. The van der Waals surface area contributed by atoms with Crippen molar-refractivity contribution >= 4 is 5.71 Å². The van der Waals surface area contributed by atoms with Crippen molar-refractivity contribution in [1.29, 1.82) is 0 Å². The van der Waals surface area contributed by atoms with E-state index in [-0.39, 0.29) is 12.4 Å². The molecule has 0 fully saturated rings. The first-order valence-electron chi connectivity index (χ1n) is 9.42. The van der Waals surface area contributed by atoms with Gasteiger partial charge in [-0.1, -0.05) is 48.5 Å². The van der Waals surface area contributed by atoms with Gasteiger partial charge in [0.2, 0.25) is 0 Å². The lowest BCUT2D eigenvalue weighted by atomic mass is 9.98. The molecule has 0 aliphatic carbocycles. The van der Waals surface area contributed by atoms with Crippen molar-refractivity contribution in [3.63, 3.8) is 0 Å². The molecule has 0 radical (unpaired) electrons. The zero-order chi connectivity index (χ0) is 19.8. The lowest BCUT2D eigenvalue weighted by molar-refractivity contribution is 0.282. The van der Waals surface area contributed by atoms with Crippen molar-refractivity contribution in [1.82, 2.24) is 9.55 Å². The highest BCUT2D eigenvalue weighted by atomic mass is 19.1. The Morgan fingerprint density at radius 3 is 2.52 bits per heavy atom. The maximum atomic E-state index is 14.6. The molecule has 0 spiro atoms. The second kappa shape index (κ2) is 7.11. The minimum absolute atomic E-state index is 0.0934. The Morgan fingerprint density at radius 1 is 0.931 bits per heavy atom. The molecule has 0 bridgehead atoms. The van der Waals surface area contributed by atoms with Crippen molar-refractivity contribution < 1.29 is 9.50 Å². The summed E-state index contributed by atoms with van der Waals surface area (Å²) in [6.07, 6.45) is 1.99. The predicted octanol–water partition coefficient (Wildman–Crippen LogP) is 4.52. The van der Waals surface area contributed by atoms with Crippen molar-refractivity contribution in [3.05, 3.63) is 107 Å². The van der Waals surface area contributed by atoms with E-state index in [1.54, 1.807) is 18.2 Å². The third-order valence-corrected chi connectivity index (χ3v) is 5.11. The smallest absolute Gasteiger partial charge is 0.135 e. The van der Waals surface area contributed by atoms with Gasteiger partial charge in [-0.25, -0.2) is 9.37 Å². The summed E-state index contributed by atoms with van der Waals surface area (Å²) < 4.78 is 16.6. The normalized spacial score (nSPS) is 12.7. The number of fused-ring (bicyclic) bond motifs is 3. The van der Waals surface area contributed by atoms with Gasteiger partial charge in [0.15, 0.2) is 0 Å². The van der Waals surface area contributed by atoms with Crippen molar-refractivity contribution in [3.8, 4) is 16.9 Å². The largest absolute Gasteiger partial charge is 0.392 e. The predicted molar refractivity (Wildman–Crippen MR) is 111 cm³/mol. The lowest BCUT2D eigenvalue weighted by Gasteiger charge is -2.13. The molecule has 1 N–H and O–H groups in total. The monoisotopic (exact) mass is 383 g/mol. The maximum Gasteiger partial charge on any atom is 0.135 e. The molecule has 5 heteroatoms. The molecule has 29 heavy (non-hydrogen) atoms. The van der Waals surface area contributed by atoms with Gasteiger partial charge in [0, 0.05) is 22.9 Å². The van der Waals surface area contributed by atoms with Crippen molar-refractivity contribution in [2.24, 2.45) is 4.99 Å². The van der Waals surface area contributed by atoms with Gasteiger partial charge in [0.25, 0.3) is 0 Å². The van der Waals surface area contributed by atoms with E-state index in [1.165, 1.54) is 6.07 Å². The summed E-state index contributed by atoms with van der Waals surface area (Å²) in [5.74, 6) is 0.462. The minimum Gasteiger partial charge on any atom is -0.392 e. The van der Waals surface area contributed by atoms with E-state index in [9.17, 15) is 9.50 Å². The summed E-state index contributed by atoms with van der Waals surface area (Å²) in [7, 11) is 0. The number of hydrogen-bond donors (Lipinski definition) is 1. The number of hydrogen-bond acceptors (Lipinski definition) is 3. The Bertz CT molecular complexity index is 1230. The fourth-order valence-corrected chi connectivity index (χ4v) is 3.69. The van der Waals surface area contributed by atoms with E-state index >= 15 is 0 Å². The number of halogens is 1. The average Bonchev–Trinajstić information content (AvgIpc) is 3.13. The molecule has 0 unspecified atom stereocenters. The number of aromatic nitrogens is 2. The van der Waals surface area contributed by atoms with Gasteiger partial charge in [0.1, 0.15) is 11.6 Å². The van der Waals surface area contributed by atoms with Crippen LogP contribution in [0.5, 0.6) is 0 Å². The molecule has 1 aliphatic heterocycles. The van der Waals surface area contributed by atoms with Crippen LogP contribution in [-0.2, 0) is 13.2 Å². The molecule has 1 aromatic heterocycles. The molecule has 1 aliphatic rings. The fourth-order valence-electron chi connectivity index (χ4n) is 3.69. The molecule has 4 aromatic rings. The Morgan fingerprint density at radius 2 is 1.72 bits per heavy atom. The van der Waals surface area contributed by atoms with E-state index in [4.69, 9.17) is 9.98 Å².